The summed E-state index contributed by atoms with van der Waals surface area (Å²) >= 11 is 0. The van der Waals surface area contributed by atoms with Gasteiger partial charge < -0.3 is 9.84 Å². The van der Waals surface area contributed by atoms with Crippen molar-refractivity contribution in [3.05, 3.63) is 77.3 Å². The SMILES string of the molecule is Cc1noc(-c2ccnc(-n3ncc(C(=O)N[C@H](C)c4ccc(F)cc4)c3C)c2)n1. The first-order valence-electron chi connectivity index (χ1n) is 9.30. The van der Waals surface area contributed by atoms with E-state index < -0.39 is 0 Å². The van der Waals surface area contributed by atoms with Crippen LogP contribution in [0.25, 0.3) is 17.3 Å². The minimum Gasteiger partial charge on any atom is -0.345 e. The smallest absolute Gasteiger partial charge is 0.258 e. The fourth-order valence-corrected chi connectivity index (χ4v) is 3.05. The van der Waals surface area contributed by atoms with Gasteiger partial charge in [0, 0.05) is 11.8 Å². The molecule has 1 N–H and O–H groups in total. The number of hydrogen-bond donors (Lipinski definition) is 1. The van der Waals surface area contributed by atoms with Crippen molar-refractivity contribution < 1.29 is 13.7 Å². The van der Waals surface area contributed by atoms with Gasteiger partial charge in [0.15, 0.2) is 11.6 Å². The summed E-state index contributed by atoms with van der Waals surface area (Å²) in [6.07, 6.45) is 3.11. The van der Waals surface area contributed by atoms with Gasteiger partial charge in [-0.05, 0) is 50.6 Å². The second kappa shape index (κ2) is 7.86. The number of aromatic nitrogens is 5. The number of hydrogen-bond acceptors (Lipinski definition) is 6. The van der Waals surface area contributed by atoms with Gasteiger partial charge in [-0.3, -0.25) is 4.79 Å². The van der Waals surface area contributed by atoms with E-state index in [2.05, 4.69) is 25.5 Å². The molecule has 0 saturated carbocycles. The van der Waals surface area contributed by atoms with Crippen molar-refractivity contribution >= 4 is 5.91 Å². The molecule has 0 bridgehead atoms. The molecule has 0 radical (unpaired) electrons. The summed E-state index contributed by atoms with van der Waals surface area (Å²) in [5.74, 6) is 0.838. The maximum Gasteiger partial charge on any atom is 0.258 e. The van der Waals surface area contributed by atoms with Crippen LogP contribution in [0.2, 0.25) is 0 Å². The Morgan fingerprint density at radius 1 is 1.20 bits per heavy atom. The van der Waals surface area contributed by atoms with Gasteiger partial charge >= 0.3 is 0 Å². The van der Waals surface area contributed by atoms with Crippen LogP contribution in [0.4, 0.5) is 4.39 Å². The van der Waals surface area contributed by atoms with Crippen LogP contribution in [0, 0.1) is 19.7 Å². The number of nitrogens with one attached hydrogen (secondary N) is 1. The molecule has 1 atom stereocenters. The van der Waals surface area contributed by atoms with Crippen molar-refractivity contribution in [2.75, 3.05) is 0 Å². The molecule has 1 amide bonds. The summed E-state index contributed by atoms with van der Waals surface area (Å²) in [4.78, 5) is 21.3. The summed E-state index contributed by atoms with van der Waals surface area (Å²) < 4.78 is 19.9. The standard InChI is InChI=1S/C21H19FN6O2/c1-12(15-4-6-17(22)7-5-15)25-20(29)18-11-24-28(13(18)2)19-10-16(8-9-23-19)21-26-14(3)27-30-21/h4-12H,1-3H3,(H,25,29)/t12-/m1/s1. The Labute approximate surface area is 171 Å². The molecule has 9 heteroatoms. The van der Waals surface area contributed by atoms with E-state index in [-0.39, 0.29) is 17.8 Å². The second-order valence-electron chi connectivity index (χ2n) is 6.85. The zero-order chi connectivity index (χ0) is 21.3. The van der Waals surface area contributed by atoms with Gasteiger partial charge in [0.1, 0.15) is 5.82 Å². The third-order valence-corrected chi connectivity index (χ3v) is 4.71. The van der Waals surface area contributed by atoms with Gasteiger partial charge in [-0.2, -0.15) is 10.1 Å². The maximum absolute atomic E-state index is 13.1. The highest BCUT2D eigenvalue weighted by molar-refractivity contribution is 5.95. The minimum atomic E-state index is -0.320. The van der Waals surface area contributed by atoms with Crippen molar-refractivity contribution in [2.24, 2.45) is 0 Å². The molecule has 30 heavy (non-hydrogen) atoms. The fourth-order valence-electron chi connectivity index (χ4n) is 3.05. The van der Waals surface area contributed by atoms with Gasteiger partial charge in [-0.25, -0.2) is 14.1 Å². The molecule has 4 aromatic rings. The maximum atomic E-state index is 13.1. The first-order valence-corrected chi connectivity index (χ1v) is 9.30. The van der Waals surface area contributed by atoms with Crippen molar-refractivity contribution in [1.82, 2.24) is 30.2 Å². The number of nitrogens with zero attached hydrogens (tertiary/aromatic N) is 5. The van der Waals surface area contributed by atoms with Crippen molar-refractivity contribution in [1.29, 1.82) is 0 Å². The summed E-state index contributed by atoms with van der Waals surface area (Å²) in [6.45, 7) is 5.36. The molecule has 8 nitrogen and oxygen atoms in total. The molecule has 3 aromatic heterocycles. The highest BCUT2D eigenvalue weighted by atomic mass is 19.1. The number of carbonyl (C=O) groups excluding carboxylic acids is 1. The van der Waals surface area contributed by atoms with E-state index in [0.717, 1.165) is 5.56 Å². The summed E-state index contributed by atoms with van der Waals surface area (Å²) in [7, 11) is 0. The van der Waals surface area contributed by atoms with Crippen LogP contribution in [-0.2, 0) is 0 Å². The summed E-state index contributed by atoms with van der Waals surface area (Å²) in [5.41, 5.74) is 2.56. The lowest BCUT2D eigenvalue weighted by Gasteiger charge is -2.14. The van der Waals surface area contributed by atoms with E-state index >= 15 is 0 Å². The van der Waals surface area contributed by atoms with E-state index in [1.165, 1.54) is 18.3 Å². The minimum absolute atomic E-state index is 0.278. The van der Waals surface area contributed by atoms with E-state index in [1.807, 2.05) is 6.92 Å². The second-order valence-corrected chi connectivity index (χ2v) is 6.85. The molecular weight excluding hydrogens is 387 g/mol. The van der Waals surface area contributed by atoms with Crippen molar-refractivity contribution in [2.45, 2.75) is 26.8 Å². The number of aryl methyl sites for hydroxylation is 1. The van der Waals surface area contributed by atoms with Crippen LogP contribution in [0.15, 0.2) is 53.3 Å². The number of rotatable bonds is 5. The third kappa shape index (κ3) is 3.82. The first kappa shape index (κ1) is 19.4. The monoisotopic (exact) mass is 406 g/mol. The summed E-state index contributed by atoms with van der Waals surface area (Å²) in [5, 5.41) is 11.0. The molecule has 0 saturated heterocycles. The lowest BCUT2D eigenvalue weighted by Crippen LogP contribution is -2.27. The fraction of sp³-hybridized carbons (Fsp3) is 0.190. The Hall–Kier alpha value is -3.88. The van der Waals surface area contributed by atoms with Gasteiger partial charge in [0.2, 0.25) is 0 Å². The Kier molecular flexibility index (Phi) is 5.09. The van der Waals surface area contributed by atoms with Gasteiger partial charge in [0.05, 0.1) is 23.5 Å². The number of benzene rings is 1. The molecule has 0 aliphatic rings. The lowest BCUT2D eigenvalue weighted by molar-refractivity contribution is 0.0939. The number of carbonyl (C=O) groups is 1. The zero-order valence-corrected chi connectivity index (χ0v) is 16.6. The molecule has 1 aromatic carbocycles. The molecule has 4 rings (SSSR count). The van der Waals surface area contributed by atoms with E-state index in [0.29, 0.717) is 34.4 Å². The van der Waals surface area contributed by atoms with Crippen molar-refractivity contribution in [3.63, 3.8) is 0 Å². The molecule has 0 fully saturated rings. The van der Waals surface area contributed by atoms with Crippen LogP contribution in [-0.4, -0.2) is 30.8 Å². The zero-order valence-electron chi connectivity index (χ0n) is 16.6. The third-order valence-electron chi connectivity index (χ3n) is 4.71. The quantitative estimate of drug-likeness (QED) is 0.544. The van der Waals surface area contributed by atoms with Crippen LogP contribution < -0.4 is 5.32 Å². The molecule has 152 valence electrons. The molecule has 0 spiro atoms. The van der Waals surface area contributed by atoms with Gasteiger partial charge in [0.25, 0.3) is 11.8 Å². The molecule has 3 heterocycles. The number of pyridine rings is 1. The average molecular weight is 406 g/mol. The van der Waals surface area contributed by atoms with Crippen LogP contribution in [0.3, 0.4) is 0 Å². The Morgan fingerprint density at radius 3 is 2.67 bits per heavy atom. The highest BCUT2D eigenvalue weighted by Gasteiger charge is 2.19. The Balaban J connectivity index is 1.56. The normalized spacial score (nSPS) is 12.0. The number of halogens is 1. The van der Waals surface area contributed by atoms with E-state index in [9.17, 15) is 9.18 Å². The molecular formula is C21H19FN6O2. The van der Waals surface area contributed by atoms with Gasteiger partial charge in [-0.1, -0.05) is 17.3 Å². The summed E-state index contributed by atoms with van der Waals surface area (Å²) in [6, 6.07) is 9.25. The topological polar surface area (TPSA) is 98.7 Å². The predicted molar refractivity (Wildman–Crippen MR) is 106 cm³/mol. The Bertz CT molecular complexity index is 1200. The number of amides is 1. The van der Waals surface area contributed by atoms with Gasteiger partial charge in [-0.15, -0.1) is 0 Å². The lowest BCUT2D eigenvalue weighted by atomic mass is 10.1. The highest BCUT2D eigenvalue weighted by Crippen LogP contribution is 2.21. The van der Waals surface area contributed by atoms with E-state index in [4.69, 9.17) is 4.52 Å². The predicted octanol–water partition coefficient (Wildman–Crippen LogP) is 3.56. The van der Waals surface area contributed by atoms with Crippen LogP contribution >= 0.6 is 0 Å². The first-order chi connectivity index (χ1) is 14.4. The van der Waals surface area contributed by atoms with Crippen molar-refractivity contribution in [3.8, 4) is 17.3 Å². The van der Waals surface area contributed by atoms with Crippen LogP contribution in [0.5, 0.6) is 0 Å². The Morgan fingerprint density at radius 2 is 1.97 bits per heavy atom. The average Bonchev–Trinajstić information content (AvgIpc) is 3.34. The van der Waals surface area contributed by atoms with E-state index in [1.54, 1.807) is 49.0 Å². The van der Waals surface area contributed by atoms with Crippen LogP contribution in [0.1, 0.15) is 40.4 Å². The molecule has 0 unspecified atom stereocenters. The largest absolute Gasteiger partial charge is 0.345 e. The molecule has 0 aliphatic heterocycles. The molecule has 0 aliphatic carbocycles.